The standard InChI is InChI=1S/C14H13Cl2NO/c15-11-6-4-10(5-7-11)8-17-9-12-13(16)2-1-3-14(12)18/h1-7,17-18H,8-9H2. The lowest BCUT2D eigenvalue weighted by Gasteiger charge is -2.08. The number of benzene rings is 2. The Kier molecular flexibility index (Phi) is 4.48. The summed E-state index contributed by atoms with van der Waals surface area (Å²) in [5, 5.41) is 14.2. The first-order valence-electron chi connectivity index (χ1n) is 5.58. The average molecular weight is 282 g/mol. The van der Waals surface area contributed by atoms with Crippen LogP contribution >= 0.6 is 23.2 Å². The maximum Gasteiger partial charge on any atom is 0.121 e. The molecule has 0 amide bonds. The molecule has 0 aliphatic rings. The number of aromatic hydroxyl groups is 1. The number of hydrogen-bond acceptors (Lipinski definition) is 2. The second-order valence-electron chi connectivity index (χ2n) is 3.97. The number of rotatable bonds is 4. The van der Waals surface area contributed by atoms with Crippen LogP contribution in [0.25, 0.3) is 0 Å². The smallest absolute Gasteiger partial charge is 0.121 e. The van der Waals surface area contributed by atoms with Gasteiger partial charge in [-0.3, -0.25) is 0 Å². The molecule has 0 unspecified atom stereocenters. The van der Waals surface area contributed by atoms with Gasteiger partial charge in [-0.2, -0.15) is 0 Å². The largest absolute Gasteiger partial charge is 0.508 e. The third kappa shape index (κ3) is 3.39. The van der Waals surface area contributed by atoms with Gasteiger partial charge in [-0.1, -0.05) is 41.4 Å². The zero-order chi connectivity index (χ0) is 13.0. The fourth-order valence-corrected chi connectivity index (χ4v) is 2.02. The molecule has 0 spiro atoms. The number of phenolic OH excluding ortho intramolecular Hbond substituents is 1. The molecule has 94 valence electrons. The van der Waals surface area contributed by atoms with Crippen molar-refractivity contribution in [3.63, 3.8) is 0 Å². The van der Waals surface area contributed by atoms with Crippen LogP contribution in [0.4, 0.5) is 0 Å². The van der Waals surface area contributed by atoms with E-state index < -0.39 is 0 Å². The van der Waals surface area contributed by atoms with Gasteiger partial charge >= 0.3 is 0 Å². The van der Waals surface area contributed by atoms with E-state index in [9.17, 15) is 5.11 Å². The summed E-state index contributed by atoms with van der Waals surface area (Å²) in [5.74, 6) is 0.214. The molecule has 0 fully saturated rings. The Morgan fingerprint density at radius 1 is 0.944 bits per heavy atom. The van der Waals surface area contributed by atoms with Crippen LogP contribution in [0.2, 0.25) is 10.0 Å². The van der Waals surface area contributed by atoms with E-state index in [-0.39, 0.29) is 5.75 Å². The van der Waals surface area contributed by atoms with Crippen molar-refractivity contribution in [3.05, 3.63) is 63.6 Å². The number of phenols is 1. The molecule has 18 heavy (non-hydrogen) atoms. The van der Waals surface area contributed by atoms with Crippen molar-refractivity contribution in [2.75, 3.05) is 0 Å². The topological polar surface area (TPSA) is 32.3 Å². The number of nitrogens with one attached hydrogen (secondary N) is 1. The fraction of sp³-hybridized carbons (Fsp3) is 0.143. The Morgan fingerprint density at radius 2 is 1.67 bits per heavy atom. The van der Waals surface area contributed by atoms with Gasteiger partial charge in [-0.05, 0) is 29.8 Å². The van der Waals surface area contributed by atoms with Crippen LogP contribution in [0.3, 0.4) is 0 Å². The summed E-state index contributed by atoms with van der Waals surface area (Å²) in [6, 6.07) is 12.7. The molecule has 0 radical (unpaired) electrons. The normalized spacial score (nSPS) is 10.6. The van der Waals surface area contributed by atoms with E-state index in [0.717, 1.165) is 10.6 Å². The van der Waals surface area contributed by atoms with Gasteiger partial charge in [0.25, 0.3) is 0 Å². The van der Waals surface area contributed by atoms with Gasteiger partial charge in [0.2, 0.25) is 0 Å². The first-order chi connectivity index (χ1) is 8.66. The lowest BCUT2D eigenvalue weighted by molar-refractivity contribution is 0.464. The zero-order valence-electron chi connectivity index (χ0n) is 9.66. The van der Waals surface area contributed by atoms with Crippen LogP contribution in [-0.2, 0) is 13.1 Å². The molecule has 0 atom stereocenters. The fourth-order valence-electron chi connectivity index (χ4n) is 1.66. The van der Waals surface area contributed by atoms with Crippen LogP contribution in [0.15, 0.2) is 42.5 Å². The highest BCUT2D eigenvalue weighted by molar-refractivity contribution is 6.31. The van der Waals surface area contributed by atoms with Crippen molar-refractivity contribution in [2.24, 2.45) is 0 Å². The molecule has 0 aromatic heterocycles. The molecule has 4 heteroatoms. The Bertz CT molecular complexity index is 506. The minimum absolute atomic E-state index is 0.214. The molecule has 0 heterocycles. The minimum atomic E-state index is 0.214. The van der Waals surface area contributed by atoms with Crippen LogP contribution in [0.1, 0.15) is 11.1 Å². The molecular formula is C14H13Cl2NO. The van der Waals surface area contributed by atoms with Crippen molar-refractivity contribution in [1.29, 1.82) is 0 Å². The predicted octanol–water partition coefficient (Wildman–Crippen LogP) is 3.99. The summed E-state index contributed by atoms with van der Waals surface area (Å²) in [4.78, 5) is 0. The summed E-state index contributed by atoms with van der Waals surface area (Å²) < 4.78 is 0. The molecule has 2 aromatic carbocycles. The van der Waals surface area contributed by atoms with Gasteiger partial charge in [0.05, 0.1) is 0 Å². The Morgan fingerprint density at radius 3 is 2.33 bits per heavy atom. The van der Waals surface area contributed by atoms with E-state index in [1.165, 1.54) is 0 Å². The molecule has 2 aromatic rings. The molecule has 0 bridgehead atoms. The van der Waals surface area contributed by atoms with E-state index in [4.69, 9.17) is 23.2 Å². The molecule has 0 aliphatic carbocycles. The van der Waals surface area contributed by atoms with Crippen molar-refractivity contribution in [2.45, 2.75) is 13.1 Å². The van der Waals surface area contributed by atoms with E-state index >= 15 is 0 Å². The van der Waals surface area contributed by atoms with Crippen LogP contribution in [-0.4, -0.2) is 5.11 Å². The van der Waals surface area contributed by atoms with E-state index in [2.05, 4.69) is 5.32 Å². The van der Waals surface area contributed by atoms with E-state index in [1.807, 2.05) is 24.3 Å². The predicted molar refractivity (Wildman–Crippen MR) is 75.1 cm³/mol. The second kappa shape index (κ2) is 6.10. The third-order valence-corrected chi connectivity index (χ3v) is 3.24. The van der Waals surface area contributed by atoms with Gasteiger partial charge in [0.15, 0.2) is 0 Å². The number of halogens is 2. The lowest BCUT2D eigenvalue weighted by Crippen LogP contribution is -2.13. The van der Waals surface area contributed by atoms with E-state index in [1.54, 1.807) is 18.2 Å². The average Bonchev–Trinajstić information content (AvgIpc) is 2.35. The number of hydrogen-bond donors (Lipinski definition) is 2. The highest BCUT2D eigenvalue weighted by atomic mass is 35.5. The highest BCUT2D eigenvalue weighted by Crippen LogP contribution is 2.24. The molecule has 2 N–H and O–H groups in total. The first-order valence-corrected chi connectivity index (χ1v) is 6.34. The third-order valence-electron chi connectivity index (χ3n) is 2.64. The molecule has 0 saturated carbocycles. The highest BCUT2D eigenvalue weighted by Gasteiger charge is 2.05. The quantitative estimate of drug-likeness (QED) is 0.888. The Balaban J connectivity index is 1.94. The SMILES string of the molecule is Oc1cccc(Cl)c1CNCc1ccc(Cl)cc1. The lowest BCUT2D eigenvalue weighted by atomic mass is 10.2. The zero-order valence-corrected chi connectivity index (χ0v) is 11.2. The monoisotopic (exact) mass is 281 g/mol. The molecule has 2 nitrogen and oxygen atoms in total. The van der Waals surface area contributed by atoms with Gasteiger partial charge in [-0.25, -0.2) is 0 Å². The minimum Gasteiger partial charge on any atom is -0.508 e. The van der Waals surface area contributed by atoms with Gasteiger partial charge in [0, 0.05) is 28.7 Å². The molecule has 0 aliphatic heterocycles. The van der Waals surface area contributed by atoms with Crippen molar-refractivity contribution >= 4 is 23.2 Å². The Labute approximate surface area is 116 Å². The molecular weight excluding hydrogens is 269 g/mol. The van der Waals surface area contributed by atoms with Crippen LogP contribution in [0, 0.1) is 0 Å². The summed E-state index contributed by atoms with van der Waals surface area (Å²) in [6.45, 7) is 1.22. The van der Waals surface area contributed by atoms with Gasteiger partial charge < -0.3 is 10.4 Å². The van der Waals surface area contributed by atoms with Crippen LogP contribution < -0.4 is 5.32 Å². The summed E-state index contributed by atoms with van der Waals surface area (Å²) in [5.41, 5.74) is 1.85. The van der Waals surface area contributed by atoms with Crippen molar-refractivity contribution in [3.8, 4) is 5.75 Å². The molecule has 2 rings (SSSR count). The summed E-state index contributed by atoms with van der Waals surface area (Å²) >= 11 is 11.8. The maximum absolute atomic E-state index is 9.68. The van der Waals surface area contributed by atoms with Crippen molar-refractivity contribution < 1.29 is 5.11 Å². The Hall–Kier alpha value is -1.22. The summed E-state index contributed by atoms with van der Waals surface area (Å²) in [7, 11) is 0. The summed E-state index contributed by atoms with van der Waals surface area (Å²) in [6.07, 6.45) is 0. The maximum atomic E-state index is 9.68. The van der Waals surface area contributed by atoms with Gasteiger partial charge in [0.1, 0.15) is 5.75 Å². The molecule has 0 saturated heterocycles. The first kappa shape index (κ1) is 13.2. The van der Waals surface area contributed by atoms with Crippen LogP contribution in [0.5, 0.6) is 5.75 Å². The van der Waals surface area contributed by atoms with E-state index in [0.29, 0.717) is 23.7 Å². The van der Waals surface area contributed by atoms with Crippen molar-refractivity contribution in [1.82, 2.24) is 5.32 Å². The van der Waals surface area contributed by atoms with Gasteiger partial charge in [-0.15, -0.1) is 0 Å². The second-order valence-corrected chi connectivity index (χ2v) is 4.81.